The van der Waals surface area contributed by atoms with Gasteiger partial charge in [0.1, 0.15) is 11.6 Å². The van der Waals surface area contributed by atoms with Gasteiger partial charge in [0.25, 0.3) is 10.0 Å². The molecular formula is C18H13F2N5O2S. The zero-order chi connectivity index (χ0) is 19.9. The van der Waals surface area contributed by atoms with Crippen molar-refractivity contribution in [3.63, 3.8) is 0 Å². The fourth-order valence-electron chi connectivity index (χ4n) is 2.74. The smallest absolute Gasteiger partial charge is 0.267 e. The van der Waals surface area contributed by atoms with E-state index in [9.17, 15) is 17.2 Å². The molecule has 0 spiro atoms. The number of fused-ring (bicyclic) bond motifs is 1. The number of aromatic nitrogens is 4. The van der Waals surface area contributed by atoms with E-state index in [1.54, 1.807) is 35.7 Å². The van der Waals surface area contributed by atoms with Gasteiger partial charge in [0.15, 0.2) is 16.4 Å². The minimum atomic E-state index is -4.45. The molecule has 0 radical (unpaired) electrons. The van der Waals surface area contributed by atoms with Crippen LogP contribution in [0.3, 0.4) is 0 Å². The third kappa shape index (κ3) is 3.18. The Labute approximate surface area is 158 Å². The molecule has 0 saturated carbocycles. The molecule has 4 rings (SSSR count). The van der Waals surface area contributed by atoms with Crippen LogP contribution >= 0.6 is 0 Å². The van der Waals surface area contributed by atoms with Gasteiger partial charge in [0.2, 0.25) is 0 Å². The van der Waals surface area contributed by atoms with Gasteiger partial charge in [-0.05, 0) is 43.3 Å². The van der Waals surface area contributed by atoms with E-state index in [1.165, 1.54) is 12.1 Å². The van der Waals surface area contributed by atoms with Crippen LogP contribution in [-0.4, -0.2) is 28.2 Å². The summed E-state index contributed by atoms with van der Waals surface area (Å²) in [5.74, 6) is -1.73. The number of hydrogen-bond donors (Lipinski definition) is 1. The quantitative estimate of drug-likeness (QED) is 0.567. The summed E-state index contributed by atoms with van der Waals surface area (Å²) in [5, 5.41) is 12.3. The van der Waals surface area contributed by atoms with Gasteiger partial charge in [-0.15, -0.1) is 10.2 Å². The highest BCUT2D eigenvalue weighted by molar-refractivity contribution is 7.92. The summed E-state index contributed by atoms with van der Waals surface area (Å²) in [4.78, 5) is -1.03. The fraction of sp³-hybridized carbons (Fsp3) is 0.0556. The first-order valence-corrected chi connectivity index (χ1v) is 9.60. The van der Waals surface area contributed by atoms with E-state index >= 15 is 0 Å². The average Bonchev–Trinajstić information content (AvgIpc) is 3.02. The molecule has 0 amide bonds. The Balaban J connectivity index is 1.71. The van der Waals surface area contributed by atoms with Crippen molar-refractivity contribution in [2.45, 2.75) is 11.8 Å². The van der Waals surface area contributed by atoms with Gasteiger partial charge in [-0.25, -0.2) is 17.2 Å². The minimum absolute atomic E-state index is 0.141. The highest BCUT2D eigenvalue weighted by atomic mass is 32.2. The maximum atomic E-state index is 13.9. The van der Waals surface area contributed by atoms with Crippen LogP contribution in [0.2, 0.25) is 0 Å². The fourth-order valence-corrected chi connectivity index (χ4v) is 3.93. The lowest BCUT2D eigenvalue weighted by atomic mass is 10.1. The van der Waals surface area contributed by atoms with Gasteiger partial charge in [-0.2, -0.15) is 9.61 Å². The molecule has 28 heavy (non-hydrogen) atoms. The van der Waals surface area contributed by atoms with Crippen molar-refractivity contribution in [2.24, 2.45) is 0 Å². The van der Waals surface area contributed by atoms with Crippen LogP contribution < -0.4 is 4.72 Å². The summed E-state index contributed by atoms with van der Waals surface area (Å²) < 4.78 is 56.4. The summed E-state index contributed by atoms with van der Waals surface area (Å²) in [7, 11) is -4.45. The lowest BCUT2D eigenvalue weighted by molar-refractivity contribution is 0.521. The second-order valence-corrected chi connectivity index (χ2v) is 7.59. The lowest BCUT2D eigenvalue weighted by Gasteiger charge is -2.11. The third-order valence-corrected chi connectivity index (χ3v) is 5.45. The monoisotopic (exact) mass is 401 g/mol. The molecule has 0 unspecified atom stereocenters. The van der Waals surface area contributed by atoms with Crippen molar-refractivity contribution in [1.82, 2.24) is 19.8 Å². The molecule has 142 valence electrons. The van der Waals surface area contributed by atoms with E-state index in [2.05, 4.69) is 20.0 Å². The summed E-state index contributed by atoms with van der Waals surface area (Å²) in [5.41, 5.74) is 1.87. The molecule has 1 N–H and O–H groups in total. The molecule has 4 aromatic rings. The van der Waals surface area contributed by atoms with E-state index in [1.807, 2.05) is 0 Å². The van der Waals surface area contributed by atoms with Gasteiger partial charge in [-0.3, -0.25) is 4.72 Å². The Morgan fingerprint density at radius 3 is 2.43 bits per heavy atom. The van der Waals surface area contributed by atoms with Crippen molar-refractivity contribution < 1.29 is 17.2 Å². The zero-order valence-electron chi connectivity index (χ0n) is 14.5. The van der Waals surface area contributed by atoms with Crippen molar-refractivity contribution in [3.8, 4) is 11.3 Å². The van der Waals surface area contributed by atoms with Gasteiger partial charge in [0, 0.05) is 11.3 Å². The number of aryl methyl sites for hydroxylation is 1. The molecule has 0 bridgehead atoms. The zero-order valence-corrected chi connectivity index (χ0v) is 15.3. The molecule has 10 heteroatoms. The molecule has 2 aromatic heterocycles. The molecule has 0 atom stereocenters. The molecule has 7 nitrogen and oxygen atoms in total. The molecule has 0 aliphatic heterocycles. The van der Waals surface area contributed by atoms with Crippen LogP contribution in [0.5, 0.6) is 0 Å². The Bertz CT molecular complexity index is 1280. The van der Waals surface area contributed by atoms with E-state index in [0.717, 1.165) is 18.2 Å². The summed E-state index contributed by atoms with van der Waals surface area (Å²) in [6.07, 6.45) is 0. The lowest BCUT2D eigenvalue weighted by Crippen LogP contribution is -2.16. The van der Waals surface area contributed by atoms with Gasteiger partial charge >= 0.3 is 0 Å². The van der Waals surface area contributed by atoms with Crippen LogP contribution in [0.15, 0.2) is 59.5 Å². The van der Waals surface area contributed by atoms with Gasteiger partial charge < -0.3 is 0 Å². The number of benzene rings is 2. The van der Waals surface area contributed by atoms with Crippen molar-refractivity contribution in [3.05, 3.63) is 72.1 Å². The molecule has 0 saturated heterocycles. The predicted octanol–water partition coefficient (Wildman–Crippen LogP) is 3.18. The highest BCUT2D eigenvalue weighted by Gasteiger charge is 2.24. The first kappa shape index (κ1) is 18.0. The maximum absolute atomic E-state index is 13.9. The largest absolute Gasteiger partial charge is 0.279 e. The van der Waals surface area contributed by atoms with Gasteiger partial charge in [-0.1, -0.05) is 18.2 Å². The van der Waals surface area contributed by atoms with Crippen LogP contribution in [-0.2, 0) is 10.0 Å². The average molecular weight is 401 g/mol. The second kappa shape index (κ2) is 6.64. The van der Waals surface area contributed by atoms with E-state index in [-0.39, 0.29) is 5.69 Å². The normalized spacial score (nSPS) is 11.7. The molecule has 0 aliphatic carbocycles. The summed E-state index contributed by atoms with van der Waals surface area (Å²) >= 11 is 0. The summed E-state index contributed by atoms with van der Waals surface area (Å²) in [6.45, 7) is 1.75. The SMILES string of the molecule is Cc1nnc2ccc(-c3cccc(NS(=O)(=O)c4c(F)cccc4F)c3)nn12. The van der Waals surface area contributed by atoms with Gasteiger partial charge in [0.05, 0.1) is 5.69 Å². The number of sulfonamides is 1. The van der Waals surface area contributed by atoms with Crippen LogP contribution in [0.25, 0.3) is 16.9 Å². The van der Waals surface area contributed by atoms with E-state index in [4.69, 9.17) is 0 Å². The molecular weight excluding hydrogens is 388 g/mol. The number of anilines is 1. The standard InChI is InChI=1S/C18H13F2N5O2S/c1-11-21-22-17-9-8-16(23-25(11)17)12-4-2-5-13(10-12)24-28(26,27)18-14(19)6-3-7-15(18)20/h2-10,24H,1H3. The summed E-state index contributed by atoms with van der Waals surface area (Å²) in [6, 6.07) is 12.6. The number of nitrogens with one attached hydrogen (secondary N) is 1. The first-order chi connectivity index (χ1) is 13.3. The van der Waals surface area contributed by atoms with Crippen molar-refractivity contribution in [2.75, 3.05) is 4.72 Å². The van der Waals surface area contributed by atoms with Crippen LogP contribution in [0.4, 0.5) is 14.5 Å². The minimum Gasteiger partial charge on any atom is -0.279 e. The number of halogens is 2. The maximum Gasteiger partial charge on any atom is 0.267 e. The highest BCUT2D eigenvalue weighted by Crippen LogP contribution is 2.25. The Kier molecular flexibility index (Phi) is 4.27. The molecule has 0 fully saturated rings. The molecule has 0 aliphatic rings. The topological polar surface area (TPSA) is 89.2 Å². The Morgan fingerprint density at radius 1 is 0.964 bits per heavy atom. The molecule has 2 aromatic carbocycles. The number of rotatable bonds is 4. The van der Waals surface area contributed by atoms with Crippen molar-refractivity contribution >= 4 is 21.4 Å². The predicted molar refractivity (Wildman–Crippen MR) is 98.1 cm³/mol. The van der Waals surface area contributed by atoms with Crippen LogP contribution in [0, 0.1) is 18.6 Å². The van der Waals surface area contributed by atoms with E-state index in [0.29, 0.717) is 22.7 Å². The number of hydrogen-bond acceptors (Lipinski definition) is 5. The second-order valence-electron chi connectivity index (χ2n) is 5.97. The third-order valence-electron chi connectivity index (χ3n) is 4.02. The Hall–Kier alpha value is -3.40. The van der Waals surface area contributed by atoms with Crippen LogP contribution in [0.1, 0.15) is 5.82 Å². The Morgan fingerprint density at radius 2 is 1.68 bits per heavy atom. The van der Waals surface area contributed by atoms with Crippen molar-refractivity contribution in [1.29, 1.82) is 0 Å². The number of nitrogens with zero attached hydrogens (tertiary/aromatic N) is 4. The first-order valence-electron chi connectivity index (χ1n) is 8.11. The van der Waals surface area contributed by atoms with E-state index < -0.39 is 26.6 Å². The molecule has 2 heterocycles.